The first kappa shape index (κ1) is 29.5. The Labute approximate surface area is 232 Å². The molecule has 1 amide bonds. The smallest absolute Gasteiger partial charge is 0.243 e. The van der Waals surface area contributed by atoms with Crippen LogP contribution in [0.1, 0.15) is 51.5 Å². The number of ether oxygens (including phenoxy) is 2. The zero-order valence-electron chi connectivity index (χ0n) is 23.2. The molecule has 2 unspecified atom stereocenters. The maximum atomic E-state index is 13.6. The van der Waals surface area contributed by atoms with Crippen molar-refractivity contribution >= 4 is 15.9 Å². The molecule has 0 radical (unpaired) electrons. The van der Waals surface area contributed by atoms with Crippen LogP contribution in [-0.2, 0) is 26.0 Å². The summed E-state index contributed by atoms with van der Waals surface area (Å²) < 4.78 is 39.8. The third-order valence-electron chi connectivity index (χ3n) is 7.87. The molecule has 1 saturated heterocycles. The third-order valence-corrected chi connectivity index (χ3v) is 9.72. The van der Waals surface area contributed by atoms with Crippen LogP contribution in [0.4, 0.5) is 0 Å². The highest BCUT2D eigenvalue weighted by Gasteiger charge is 2.45. The van der Waals surface area contributed by atoms with Crippen LogP contribution >= 0.6 is 0 Å². The van der Waals surface area contributed by atoms with E-state index < -0.39 is 22.2 Å². The molecule has 1 saturated carbocycles. The van der Waals surface area contributed by atoms with Crippen LogP contribution in [0.5, 0.6) is 5.75 Å². The first-order valence-corrected chi connectivity index (χ1v) is 15.4. The monoisotopic (exact) mass is 558 g/mol. The van der Waals surface area contributed by atoms with E-state index in [-0.39, 0.29) is 41.3 Å². The average molecular weight is 559 g/mol. The van der Waals surface area contributed by atoms with E-state index in [9.17, 15) is 18.3 Å². The molecule has 2 aliphatic rings. The van der Waals surface area contributed by atoms with Crippen LogP contribution in [0.25, 0.3) is 0 Å². The Morgan fingerprint density at radius 1 is 1.13 bits per heavy atom. The van der Waals surface area contributed by atoms with Gasteiger partial charge < -0.3 is 19.9 Å². The van der Waals surface area contributed by atoms with E-state index in [1.807, 2.05) is 44.2 Å². The summed E-state index contributed by atoms with van der Waals surface area (Å²) in [6.07, 6.45) is 3.61. The van der Waals surface area contributed by atoms with E-state index in [2.05, 4.69) is 5.32 Å². The Kier molecular flexibility index (Phi) is 9.69. The predicted molar refractivity (Wildman–Crippen MR) is 150 cm³/mol. The minimum Gasteiger partial charge on any atom is -0.497 e. The molecule has 0 bridgehead atoms. The normalized spacial score (nSPS) is 22.9. The zero-order valence-corrected chi connectivity index (χ0v) is 24.0. The summed E-state index contributed by atoms with van der Waals surface area (Å²) in [6, 6.07) is 15.2. The molecule has 2 N–H and O–H groups in total. The number of nitrogens with one attached hydrogen (secondary N) is 1. The minimum absolute atomic E-state index is 0.0356. The number of carbonyl (C=O) groups excluding carboxylic acids is 1. The topological polar surface area (TPSA) is 105 Å². The van der Waals surface area contributed by atoms with Crippen LogP contribution in [0, 0.1) is 11.8 Å². The van der Waals surface area contributed by atoms with Crippen molar-refractivity contribution in [2.24, 2.45) is 11.8 Å². The van der Waals surface area contributed by atoms with Gasteiger partial charge in [0.15, 0.2) is 0 Å². The number of aliphatic hydroxyl groups excluding tert-OH is 1. The highest BCUT2D eigenvalue weighted by molar-refractivity contribution is 7.89. The van der Waals surface area contributed by atoms with E-state index in [4.69, 9.17) is 9.47 Å². The molecule has 9 heteroatoms. The molecule has 4 rings (SSSR count). The standard InChI is InChI=1S/C30H42N2O6S/c1-22(2)20-32(39(35,36)26-12-10-25(37-3)11-13-26)21-28(33)27(18-23-8-5-4-6-9-23)31-29(34)24-14-16-30(19-24)15-7-17-38-30/h4-6,8-13,22,24,27-28,33H,7,14-21H2,1-3H3,(H,31,34)/t24?,27-,28+,30?/m0/s1. The first-order chi connectivity index (χ1) is 18.6. The molecule has 2 aromatic rings. The van der Waals surface area contributed by atoms with Crippen molar-refractivity contribution in [1.29, 1.82) is 0 Å². The van der Waals surface area contributed by atoms with Gasteiger partial charge in [0.25, 0.3) is 0 Å². The lowest BCUT2D eigenvalue weighted by Gasteiger charge is -2.31. The maximum absolute atomic E-state index is 13.6. The van der Waals surface area contributed by atoms with Gasteiger partial charge in [-0.15, -0.1) is 0 Å². The van der Waals surface area contributed by atoms with Crippen LogP contribution in [-0.4, -0.2) is 68.3 Å². The summed E-state index contributed by atoms with van der Waals surface area (Å²) in [4.78, 5) is 13.5. The molecule has 39 heavy (non-hydrogen) atoms. The Bertz CT molecular complexity index is 1180. The van der Waals surface area contributed by atoms with Crippen LogP contribution in [0.15, 0.2) is 59.5 Å². The fraction of sp³-hybridized carbons (Fsp3) is 0.567. The number of sulfonamides is 1. The van der Waals surface area contributed by atoms with Gasteiger partial charge in [-0.3, -0.25) is 4.79 Å². The van der Waals surface area contributed by atoms with Gasteiger partial charge in [0.2, 0.25) is 15.9 Å². The fourth-order valence-corrected chi connectivity index (χ4v) is 7.41. The number of rotatable bonds is 12. The van der Waals surface area contributed by atoms with E-state index in [1.54, 1.807) is 12.1 Å². The number of hydrogen-bond acceptors (Lipinski definition) is 6. The second kappa shape index (κ2) is 12.8. The Balaban J connectivity index is 1.53. The molecule has 8 nitrogen and oxygen atoms in total. The third kappa shape index (κ3) is 7.39. The Morgan fingerprint density at radius 2 is 1.85 bits per heavy atom. The SMILES string of the molecule is COc1ccc(S(=O)(=O)N(CC(C)C)C[C@@H](O)[C@H](Cc2ccccc2)NC(=O)C2CCC3(CCCO3)C2)cc1. The van der Waals surface area contributed by atoms with Gasteiger partial charge in [-0.1, -0.05) is 44.2 Å². The highest BCUT2D eigenvalue weighted by Crippen LogP contribution is 2.44. The second-order valence-corrected chi connectivity index (χ2v) is 13.3. The van der Waals surface area contributed by atoms with Gasteiger partial charge in [0.05, 0.1) is 29.8 Å². The molecule has 4 atom stereocenters. The first-order valence-electron chi connectivity index (χ1n) is 13.9. The molecule has 0 aromatic heterocycles. The van der Waals surface area contributed by atoms with Gasteiger partial charge in [-0.2, -0.15) is 4.31 Å². The van der Waals surface area contributed by atoms with Crippen molar-refractivity contribution in [2.45, 2.75) is 75.0 Å². The number of methoxy groups -OCH3 is 1. The number of amides is 1. The Hall–Kier alpha value is -2.46. The molecular weight excluding hydrogens is 516 g/mol. The largest absolute Gasteiger partial charge is 0.497 e. The zero-order chi connectivity index (χ0) is 28.0. The summed E-state index contributed by atoms with van der Waals surface area (Å²) in [5, 5.41) is 14.6. The van der Waals surface area contributed by atoms with Crippen molar-refractivity contribution in [3.8, 4) is 5.75 Å². The predicted octanol–water partition coefficient (Wildman–Crippen LogP) is 3.78. The van der Waals surface area contributed by atoms with Crippen molar-refractivity contribution in [3.63, 3.8) is 0 Å². The number of benzene rings is 2. The quantitative estimate of drug-likeness (QED) is 0.411. The molecule has 1 aliphatic carbocycles. The van der Waals surface area contributed by atoms with Gasteiger partial charge in [-0.25, -0.2) is 8.42 Å². The number of nitrogens with zero attached hydrogens (tertiary/aromatic N) is 1. The summed E-state index contributed by atoms with van der Waals surface area (Å²) in [7, 11) is -2.37. The van der Waals surface area contributed by atoms with E-state index >= 15 is 0 Å². The maximum Gasteiger partial charge on any atom is 0.243 e. The fourth-order valence-electron chi connectivity index (χ4n) is 5.79. The van der Waals surface area contributed by atoms with Crippen LogP contribution < -0.4 is 10.1 Å². The van der Waals surface area contributed by atoms with Crippen molar-refractivity contribution in [3.05, 3.63) is 60.2 Å². The summed E-state index contributed by atoms with van der Waals surface area (Å²) in [6.45, 7) is 4.72. The molecule has 2 fully saturated rings. The van der Waals surface area contributed by atoms with Gasteiger partial charge in [0.1, 0.15) is 5.75 Å². The van der Waals surface area contributed by atoms with E-state index in [1.165, 1.54) is 23.5 Å². The summed E-state index contributed by atoms with van der Waals surface area (Å²) in [5.41, 5.74) is 0.771. The summed E-state index contributed by atoms with van der Waals surface area (Å²) >= 11 is 0. The van der Waals surface area contributed by atoms with Crippen molar-refractivity contribution in [1.82, 2.24) is 9.62 Å². The lowest BCUT2D eigenvalue weighted by atomic mass is 9.95. The second-order valence-electron chi connectivity index (χ2n) is 11.3. The molecule has 1 aliphatic heterocycles. The van der Waals surface area contributed by atoms with Crippen molar-refractivity contribution < 1.29 is 27.8 Å². The van der Waals surface area contributed by atoms with Crippen LogP contribution in [0.2, 0.25) is 0 Å². The Morgan fingerprint density at radius 3 is 2.46 bits per heavy atom. The number of aliphatic hydroxyl groups is 1. The van der Waals surface area contributed by atoms with Gasteiger partial charge >= 0.3 is 0 Å². The highest BCUT2D eigenvalue weighted by atomic mass is 32.2. The molecule has 1 heterocycles. The molecule has 1 spiro atoms. The van der Waals surface area contributed by atoms with E-state index in [0.717, 1.165) is 37.9 Å². The number of carbonyl (C=O) groups is 1. The van der Waals surface area contributed by atoms with Gasteiger partial charge in [0, 0.05) is 25.6 Å². The summed E-state index contributed by atoms with van der Waals surface area (Å²) in [5.74, 6) is 0.319. The van der Waals surface area contributed by atoms with E-state index in [0.29, 0.717) is 18.6 Å². The lowest BCUT2D eigenvalue weighted by molar-refractivity contribution is -0.127. The van der Waals surface area contributed by atoms with Crippen LogP contribution in [0.3, 0.4) is 0 Å². The van der Waals surface area contributed by atoms with Crippen molar-refractivity contribution in [2.75, 3.05) is 26.8 Å². The molecule has 214 valence electrons. The molecular formula is C30H42N2O6S. The number of hydrogen-bond donors (Lipinski definition) is 2. The molecule has 2 aromatic carbocycles. The lowest BCUT2D eigenvalue weighted by Crippen LogP contribution is -2.52. The average Bonchev–Trinajstić information content (AvgIpc) is 3.57. The minimum atomic E-state index is -3.89. The van der Waals surface area contributed by atoms with Gasteiger partial charge in [-0.05, 0) is 74.3 Å².